The summed E-state index contributed by atoms with van der Waals surface area (Å²) in [7, 11) is 0. The second kappa shape index (κ2) is 5.69. The summed E-state index contributed by atoms with van der Waals surface area (Å²) < 4.78 is 0. The number of amides is 2. The fraction of sp³-hybridized carbons (Fsp3) is 0.917. The molecule has 0 aliphatic carbocycles. The summed E-state index contributed by atoms with van der Waals surface area (Å²) in [6.45, 7) is 6.14. The number of aliphatic hydroxyl groups excluding tert-OH is 1. The van der Waals surface area contributed by atoms with Gasteiger partial charge in [0.2, 0.25) is 0 Å². The molecule has 98 valence electrons. The van der Waals surface area contributed by atoms with E-state index in [1.165, 1.54) is 0 Å². The van der Waals surface area contributed by atoms with Gasteiger partial charge in [-0.25, -0.2) is 4.79 Å². The van der Waals surface area contributed by atoms with Crippen molar-refractivity contribution in [1.82, 2.24) is 15.1 Å². The Morgan fingerprint density at radius 2 is 2.12 bits per heavy atom. The van der Waals surface area contributed by atoms with Crippen LogP contribution in [0.1, 0.15) is 26.2 Å². The van der Waals surface area contributed by atoms with Gasteiger partial charge in [-0.3, -0.25) is 0 Å². The highest BCUT2D eigenvalue weighted by molar-refractivity contribution is 5.76. The normalized spacial score (nSPS) is 24.5. The van der Waals surface area contributed by atoms with E-state index in [4.69, 9.17) is 0 Å². The van der Waals surface area contributed by atoms with E-state index in [9.17, 15) is 9.90 Å². The molecule has 1 atom stereocenters. The minimum absolute atomic E-state index is 0.164. The number of urea groups is 1. The number of aliphatic hydroxyl groups is 1. The molecule has 0 aromatic carbocycles. The van der Waals surface area contributed by atoms with Crippen molar-refractivity contribution < 1.29 is 9.90 Å². The Hall–Kier alpha value is -0.810. The maximum atomic E-state index is 12.2. The highest BCUT2D eigenvalue weighted by Crippen LogP contribution is 2.18. The first-order valence-corrected chi connectivity index (χ1v) is 6.63. The Morgan fingerprint density at radius 3 is 2.76 bits per heavy atom. The number of carbonyl (C=O) groups excluding carboxylic acids is 1. The van der Waals surface area contributed by atoms with E-state index in [1.54, 1.807) is 6.92 Å². The first-order valence-electron chi connectivity index (χ1n) is 6.63. The van der Waals surface area contributed by atoms with Crippen LogP contribution in [0.15, 0.2) is 0 Å². The molecule has 2 fully saturated rings. The minimum Gasteiger partial charge on any atom is -0.393 e. The maximum Gasteiger partial charge on any atom is 0.320 e. The molecule has 2 aliphatic heterocycles. The molecule has 2 saturated heterocycles. The van der Waals surface area contributed by atoms with Gasteiger partial charge in [0.1, 0.15) is 0 Å². The molecule has 0 bridgehead atoms. The number of nitrogens with zero attached hydrogens (tertiary/aromatic N) is 2. The third-order valence-electron chi connectivity index (χ3n) is 3.69. The second-order valence-electron chi connectivity index (χ2n) is 5.08. The molecule has 0 aromatic rings. The molecule has 2 heterocycles. The quantitative estimate of drug-likeness (QED) is 0.741. The Morgan fingerprint density at radius 1 is 1.41 bits per heavy atom. The van der Waals surface area contributed by atoms with Crippen molar-refractivity contribution >= 4 is 6.03 Å². The molecule has 2 aliphatic rings. The van der Waals surface area contributed by atoms with Crippen molar-refractivity contribution in [3.05, 3.63) is 0 Å². The SMILES string of the molecule is CC(O)CCN1CCN(C2CCNCC2)C1=O. The average Bonchev–Trinajstić information content (AvgIpc) is 2.69. The van der Waals surface area contributed by atoms with Gasteiger partial charge in [0.25, 0.3) is 0 Å². The first kappa shape index (κ1) is 12.6. The van der Waals surface area contributed by atoms with Crippen molar-refractivity contribution in [2.45, 2.75) is 38.3 Å². The van der Waals surface area contributed by atoms with Crippen molar-refractivity contribution in [2.24, 2.45) is 0 Å². The lowest BCUT2D eigenvalue weighted by molar-refractivity contribution is 0.150. The van der Waals surface area contributed by atoms with Crippen LogP contribution in [0, 0.1) is 0 Å². The van der Waals surface area contributed by atoms with Gasteiger partial charge in [0.05, 0.1) is 6.10 Å². The van der Waals surface area contributed by atoms with E-state index in [1.807, 2.05) is 9.80 Å². The zero-order valence-corrected chi connectivity index (χ0v) is 10.6. The molecule has 2 N–H and O–H groups in total. The van der Waals surface area contributed by atoms with Gasteiger partial charge in [-0.15, -0.1) is 0 Å². The number of hydrogen-bond donors (Lipinski definition) is 2. The molecule has 0 spiro atoms. The largest absolute Gasteiger partial charge is 0.393 e. The summed E-state index contributed by atoms with van der Waals surface area (Å²) in [5, 5.41) is 12.6. The predicted octanol–water partition coefficient (Wildman–Crippen LogP) is 0.247. The summed E-state index contributed by atoms with van der Waals surface area (Å²) in [5.74, 6) is 0. The van der Waals surface area contributed by atoms with Gasteiger partial charge in [-0.1, -0.05) is 0 Å². The van der Waals surface area contributed by atoms with Crippen molar-refractivity contribution in [3.63, 3.8) is 0 Å². The van der Waals surface area contributed by atoms with Crippen LogP contribution in [0.25, 0.3) is 0 Å². The molecule has 2 amide bonds. The average molecular weight is 241 g/mol. The first-order chi connectivity index (χ1) is 8.18. The maximum absolute atomic E-state index is 12.2. The lowest BCUT2D eigenvalue weighted by Gasteiger charge is -2.31. The van der Waals surface area contributed by atoms with Crippen LogP contribution >= 0.6 is 0 Å². The van der Waals surface area contributed by atoms with E-state index >= 15 is 0 Å². The number of piperidine rings is 1. The molecule has 17 heavy (non-hydrogen) atoms. The fourth-order valence-electron chi connectivity index (χ4n) is 2.61. The summed E-state index contributed by atoms with van der Waals surface area (Å²) >= 11 is 0. The van der Waals surface area contributed by atoms with Crippen molar-refractivity contribution in [2.75, 3.05) is 32.7 Å². The van der Waals surface area contributed by atoms with Crippen molar-refractivity contribution in [3.8, 4) is 0 Å². The molecule has 0 aromatic heterocycles. The van der Waals surface area contributed by atoms with E-state index in [0.29, 0.717) is 19.0 Å². The summed E-state index contributed by atoms with van der Waals surface area (Å²) in [5.41, 5.74) is 0. The number of rotatable bonds is 4. The third-order valence-corrected chi connectivity index (χ3v) is 3.69. The highest BCUT2D eigenvalue weighted by atomic mass is 16.3. The zero-order chi connectivity index (χ0) is 12.3. The second-order valence-corrected chi connectivity index (χ2v) is 5.08. The van der Waals surface area contributed by atoms with Gasteiger partial charge in [0, 0.05) is 25.7 Å². The standard InChI is InChI=1S/C12H23N3O2/c1-10(16)4-7-14-8-9-15(12(14)17)11-2-5-13-6-3-11/h10-11,13,16H,2-9H2,1H3. The monoisotopic (exact) mass is 241 g/mol. The highest BCUT2D eigenvalue weighted by Gasteiger charge is 2.33. The Bertz CT molecular complexity index is 264. The smallest absolute Gasteiger partial charge is 0.320 e. The van der Waals surface area contributed by atoms with Crippen LogP contribution < -0.4 is 5.32 Å². The third kappa shape index (κ3) is 3.10. The van der Waals surface area contributed by atoms with Crippen LogP contribution in [0.4, 0.5) is 4.79 Å². The molecule has 1 unspecified atom stereocenters. The van der Waals surface area contributed by atoms with E-state index in [-0.39, 0.29) is 12.1 Å². The number of carbonyl (C=O) groups is 1. The van der Waals surface area contributed by atoms with E-state index in [0.717, 1.165) is 39.0 Å². The lowest BCUT2D eigenvalue weighted by Crippen LogP contribution is -2.45. The fourth-order valence-corrected chi connectivity index (χ4v) is 2.61. The Balaban J connectivity index is 1.83. The molecule has 5 heteroatoms. The topological polar surface area (TPSA) is 55.8 Å². The molecule has 0 radical (unpaired) electrons. The van der Waals surface area contributed by atoms with Crippen molar-refractivity contribution in [1.29, 1.82) is 0 Å². The van der Waals surface area contributed by atoms with Crippen LogP contribution in [0.2, 0.25) is 0 Å². The van der Waals surface area contributed by atoms with Gasteiger partial charge < -0.3 is 20.2 Å². The molecule has 0 saturated carbocycles. The van der Waals surface area contributed by atoms with Crippen LogP contribution in [-0.4, -0.2) is 65.8 Å². The Kier molecular flexibility index (Phi) is 4.23. The van der Waals surface area contributed by atoms with Gasteiger partial charge in [-0.2, -0.15) is 0 Å². The van der Waals surface area contributed by atoms with Gasteiger partial charge >= 0.3 is 6.03 Å². The van der Waals surface area contributed by atoms with Gasteiger partial charge in [-0.05, 0) is 39.3 Å². The lowest BCUT2D eigenvalue weighted by atomic mass is 10.1. The van der Waals surface area contributed by atoms with Crippen LogP contribution in [0.3, 0.4) is 0 Å². The van der Waals surface area contributed by atoms with Crippen LogP contribution in [0.5, 0.6) is 0 Å². The molecular weight excluding hydrogens is 218 g/mol. The van der Waals surface area contributed by atoms with Crippen LogP contribution in [-0.2, 0) is 0 Å². The zero-order valence-electron chi connectivity index (χ0n) is 10.6. The summed E-state index contributed by atoms with van der Waals surface area (Å²) in [4.78, 5) is 16.1. The molecule has 5 nitrogen and oxygen atoms in total. The number of nitrogens with one attached hydrogen (secondary N) is 1. The van der Waals surface area contributed by atoms with E-state index in [2.05, 4.69) is 5.32 Å². The Labute approximate surface area is 103 Å². The van der Waals surface area contributed by atoms with Gasteiger partial charge in [0.15, 0.2) is 0 Å². The predicted molar refractivity (Wildman–Crippen MR) is 65.9 cm³/mol. The molecule has 2 rings (SSSR count). The summed E-state index contributed by atoms with van der Waals surface area (Å²) in [6, 6.07) is 0.581. The summed E-state index contributed by atoms with van der Waals surface area (Å²) in [6.07, 6.45) is 2.48. The number of hydrogen-bond acceptors (Lipinski definition) is 3. The molecular formula is C12H23N3O2. The minimum atomic E-state index is -0.323. The van der Waals surface area contributed by atoms with E-state index < -0.39 is 0 Å².